The maximum Gasteiger partial charge on any atom is 0.191 e. The molecule has 126 valence electrons. The first kappa shape index (κ1) is 17.0. The van der Waals surface area contributed by atoms with Crippen LogP contribution in [0.4, 0.5) is 0 Å². The van der Waals surface area contributed by atoms with Gasteiger partial charge in [-0.2, -0.15) is 0 Å². The third-order valence-corrected chi connectivity index (χ3v) is 5.24. The van der Waals surface area contributed by atoms with Crippen molar-refractivity contribution >= 4 is 29.9 Å². The third kappa shape index (κ3) is 3.99. The number of nitrogens with zero attached hydrogens (tertiary/aromatic N) is 1. The molecule has 5 unspecified atom stereocenters. The third-order valence-electron chi connectivity index (χ3n) is 5.24. The average molecular weight is 427 g/mol. The maximum atomic E-state index is 5.91. The van der Waals surface area contributed by atoms with Gasteiger partial charge in [0.15, 0.2) is 5.96 Å². The lowest BCUT2D eigenvalue weighted by Crippen LogP contribution is -2.48. The molecule has 2 aliphatic heterocycles. The fourth-order valence-electron chi connectivity index (χ4n) is 3.88. The molecule has 2 N–H and O–H groups in total. The summed E-state index contributed by atoms with van der Waals surface area (Å²) in [6, 6.07) is 11.8. The van der Waals surface area contributed by atoms with Gasteiger partial charge in [-0.15, -0.1) is 24.0 Å². The van der Waals surface area contributed by atoms with Crippen LogP contribution in [0.2, 0.25) is 0 Å². The molecule has 5 atom stereocenters. The van der Waals surface area contributed by atoms with E-state index in [0.29, 0.717) is 24.3 Å². The summed E-state index contributed by atoms with van der Waals surface area (Å²) in [6.07, 6.45) is 6.82. The Labute approximate surface area is 155 Å². The fourth-order valence-corrected chi connectivity index (χ4v) is 3.88. The summed E-state index contributed by atoms with van der Waals surface area (Å²) in [7, 11) is 1.86. The Morgan fingerprint density at radius 3 is 2.57 bits per heavy atom. The summed E-state index contributed by atoms with van der Waals surface area (Å²) in [5.41, 5.74) is 1.43. The van der Waals surface area contributed by atoms with E-state index in [1.165, 1.54) is 24.8 Å². The van der Waals surface area contributed by atoms with Crippen molar-refractivity contribution in [1.82, 2.24) is 10.6 Å². The zero-order chi connectivity index (χ0) is 14.9. The van der Waals surface area contributed by atoms with E-state index in [1.54, 1.807) is 0 Å². The second kappa shape index (κ2) is 7.38. The molecule has 4 nitrogen and oxygen atoms in total. The summed E-state index contributed by atoms with van der Waals surface area (Å²) in [5.74, 6) is 1.68. The van der Waals surface area contributed by atoms with Gasteiger partial charge in [0.2, 0.25) is 0 Å². The summed E-state index contributed by atoms with van der Waals surface area (Å²) < 4.78 is 5.91. The SMILES string of the molecule is CN=C(NC1CC1Cc1ccccc1)NC1CC2CCC1O2.I. The van der Waals surface area contributed by atoms with Crippen molar-refractivity contribution in [1.29, 1.82) is 0 Å². The Kier molecular flexibility index (Phi) is 5.46. The highest BCUT2D eigenvalue weighted by Crippen LogP contribution is 2.35. The van der Waals surface area contributed by atoms with Crippen LogP contribution in [0.15, 0.2) is 35.3 Å². The number of rotatable bonds is 4. The van der Waals surface area contributed by atoms with Crippen LogP contribution in [0.3, 0.4) is 0 Å². The predicted octanol–water partition coefficient (Wildman–Crippen LogP) is 2.72. The molecular formula is C18H26IN3O. The van der Waals surface area contributed by atoms with Gasteiger partial charge in [-0.05, 0) is 43.6 Å². The van der Waals surface area contributed by atoms with Gasteiger partial charge in [-0.25, -0.2) is 0 Å². The molecule has 5 heteroatoms. The van der Waals surface area contributed by atoms with Crippen molar-refractivity contribution in [2.75, 3.05) is 7.05 Å². The van der Waals surface area contributed by atoms with Gasteiger partial charge in [-0.1, -0.05) is 30.3 Å². The number of hydrogen-bond donors (Lipinski definition) is 2. The molecule has 0 amide bonds. The molecule has 23 heavy (non-hydrogen) atoms. The Hall–Kier alpha value is -0.820. The van der Waals surface area contributed by atoms with Gasteiger partial charge >= 0.3 is 0 Å². The monoisotopic (exact) mass is 427 g/mol. The normalized spacial score (nSPS) is 34.8. The molecule has 2 bridgehead atoms. The van der Waals surface area contributed by atoms with Gasteiger partial charge < -0.3 is 15.4 Å². The van der Waals surface area contributed by atoms with Crippen LogP contribution in [-0.2, 0) is 11.2 Å². The summed E-state index contributed by atoms with van der Waals surface area (Å²) in [5, 5.41) is 7.15. The largest absolute Gasteiger partial charge is 0.373 e. The maximum absolute atomic E-state index is 5.91. The number of aliphatic imine (C=N–C) groups is 1. The number of benzene rings is 1. The molecule has 4 rings (SSSR count). The number of halogens is 1. The van der Waals surface area contributed by atoms with Crippen molar-refractivity contribution < 1.29 is 4.74 Å². The van der Waals surface area contributed by atoms with Gasteiger partial charge in [0.05, 0.1) is 18.2 Å². The lowest BCUT2D eigenvalue weighted by atomic mass is 9.96. The summed E-state index contributed by atoms with van der Waals surface area (Å²) in [4.78, 5) is 4.40. The zero-order valence-electron chi connectivity index (χ0n) is 13.6. The summed E-state index contributed by atoms with van der Waals surface area (Å²) >= 11 is 0. The Morgan fingerprint density at radius 2 is 1.91 bits per heavy atom. The molecule has 3 fully saturated rings. The van der Waals surface area contributed by atoms with E-state index in [0.717, 1.165) is 24.7 Å². The van der Waals surface area contributed by atoms with E-state index < -0.39 is 0 Å². The number of nitrogens with one attached hydrogen (secondary N) is 2. The smallest absolute Gasteiger partial charge is 0.191 e. The van der Waals surface area contributed by atoms with Crippen molar-refractivity contribution in [3.8, 4) is 0 Å². The number of fused-ring (bicyclic) bond motifs is 2. The highest BCUT2D eigenvalue weighted by molar-refractivity contribution is 14.0. The highest BCUT2D eigenvalue weighted by atomic mass is 127. The molecule has 3 aliphatic rings. The lowest BCUT2D eigenvalue weighted by Gasteiger charge is -2.22. The average Bonchev–Trinajstić information content (AvgIpc) is 2.96. The minimum atomic E-state index is 0. The second-order valence-corrected chi connectivity index (χ2v) is 6.87. The molecule has 2 saturated heterocycles. The molecule has 1 aromatic carbocycles. The van der Waals surface area contributed by atoms with E-state index in [1.807, 2.05) is 7.05 Å². The number of ether oxygens (including phenoxy) is 1. The molecule has 1 aromatic rings. The molecule has 2 heterocycles. The standard InChI is InChI=1S/C18H25N3O.HI/c1-19-18(21-16-11-14-7-8-17(16)22-14)20-15-10-13(15)9-12-5-3-2-4-6-12;/h2-6,13-17H,7-11H2,1H3,(H2,19,20,21);1H. The molecular weight excluding hydrogens is 401 g/mol. The first-order valence-corrected chi connectivity index (χ1v) is 8.51. The molecule has 0 radical (unpaired) electrons. The Balaban J connectivity index is 0.00000156. The van der Waals surface area contributed by atoms with E-state index in [2.05, 4.69) is 46.0 Å². The Morgan fingerprint density at radius 1 is 1.13 bits per heavy atom. The van der Waals surface area contributed by atoms with Crippen molar-refractivity contribution in [3.05, 3.63) is 35.9 Å². The fraction of sp³-hybridized carbons (Fsp3) is 0.611. The first-order chi connectivity index (χ1) is 10.8. The topological polar surface area (TPSA) is 45.7 Å². The van der Waals surface area contributed by atoms with Gasteiger partial charge in [0.25, 0.3) is 0 Å². The van der Waals surface area contributed by atoms with Crippen molar-refractivity contribution in [3.63, 3.8) is 0 Å². The van der Waals surface area contributed by atoms with Gasteiger partial charge in [0.1, 0.15) is 0 Å². The van der Waals surface area contributed by atoms with E-state index in [4.69, 9.17) is 4.74 Å². The Bertz CT molecular complexity index is 550. The molecule has 1 aliphatic carbocycles. The highest BCUT2D eigenvalue weighted by Gasteiger charge is 2.42. The van der Waals surface area contributed by atoms with Gasteiger partial charge in [0, 0.05) is 13.1 Å². The van der Waals surface area contributed by atoms with Crippen LogP contribution in [0.5, 0.6) is 0 Å². The molecule has 0 aromatic heterocycles. The van der Waals surface area contributed by atoms with Crippen molar-refractivity contribution in [2.24, 2.45) is 10.9 Å². The van der Waals surface area contributed by atoms with E-state index >= 15 is 0 Å². The van der Waals surface area contributed by atoms with Crippen LogP contribution >= 0.6 is 24.0 Å². The quantitative estimate of drug-likeness (QED) is 0.442. The number of guanidine groups is 1. The van der Waals surface area contributed by atoms with Crippen LogP contribution < -0.4 is 10.6 Å². The second-order valence-electron chi connectivity index (χ2n) is 6.87. The lowest BCUT2D eigenvalue weighted by molar-refractivity contribution is 0.0992. The molecule has 0 spiro atoms. The summed E-state index contributed by atoms with van der Waals surface area (Å²) in [6.45, 7) is 0. The van der Waals surface area contributed by atoms with E-state index in [-0.39, 0.29) is 24.0 Å². The van der Waals surface area contributed by atoms with Crippen LogP contribution in [-0.4, -0.2) is 37.3 Å². The van der Waals surface area contributed by atoms with Crippen molar-refractivity contribution in [2.45, 2.75) is 56.4 Å². The molecule has 1 saturated carbocycles. The van der Waals surface area contributed by atoms with Gasteiger partial charge in [-0.3, -0.25) is 4.99 Å². The number of hydrogen-bond acceptors (Lipinski definition) is 2. The predicted molar refractivity (Wildman–Crippen MR) is 103 cm³/mol. The zero-order valence-corrected chi connectivity index (χ0v) is 15.9. The van der Waals surface area contributed by atoms with Crippen LogP contribution in [0.25, 0.3) is 0 Å². The van der Waals surface area contributed by atoms with E-state index in [9.17, 15) is 0 Å². The minimum Gasteiger partial charge on any atom is -0.373 e. The first-order valence-electron chi connectivity index (χ1n) is 8.51. The minimum absolute atomic E-state index is 0. The van der Waals surface area contributed by atoms with Crippen LogP contribution in [0, 0.1) is 5.92 Å². The van der Waals surface area contributed by atoms with Crippen LogP contribution in [0.1, 0.15) is 31.2 Å².